The molecule has 11 heteroatoms. The average Bonchev–Trinajstić information content (AvgIpc) is 2.99. The molecule has 1 aromatic heterocycles. The van der Waals surface area contributed by atoms with Crippen LogP contribution in [0.15, 0.2) is 67.0 Å². The number of halogens is 3. The smallest absolute Gasteiger partial charge is 0.174 e. The van der Waals surface area contributed by atoms with Gasteiger partial charge in [0.15, 0.2) is 17.3 Å². The van der Waals surface area contributed by atoms with Crippen molar-refractivity contribution in [3.8, 4) is 11.5 Å². The number of benzene rings is 3. The van der Waals surface area contributed by atoms with E-state index >= 15 is 4.48 Å². The minimum absolute atomic E-state index is 0.0425. The minimum Gasteiger partial charge on any atom is -0.493 e. The second-order valence-corrected chi connectivity index (χ2v) is 9.27. The van der Waals surface area contributed by atoms with E-state index in [9.17, 15) is 4.39 Å². The highest BCUT2D eigenvalue weighted by atomic mass is 35.5. The van der Waals surface area contributed by atoms with E-state index in [0.29, 0.717) is 45.5 Å². The van der Waals surface area contributed by atoms with E-state index < -0.39 is 0 Å². The molecule has 0 N–H and O–H groups in total. The summed E-state index contributed by atoms with van der Waals surface area (Å²) in [5.74, 6) is 0.650. The van der Waals surface area contributed by atoms with Crippen molar-refractivity contribution in [3.63, 3.8) is 0 Å². The predicted molar refractivity (Wildman–Crippen MR) is 148 cm³/mol. The van der Waals surface area contributed by atoms with E-state index in [1.165, 1.54) is 35.0 Å². The number of hydrogen-bond acceptors (Lipinski definition) is 8. The fourth-order valence-electron chi connectivity index (χ4n) is 4.35. The number of hydrogen-bond donors (Lipinski definition) is 0. The van der Waals surface area contributed by atoms with Crippen LogP contribution in [0.5, 0.6) is 11.5 Å². The maximum absolute atomic E-state index is 15.9. The zero-order valence-corrected chi connectivity index (χ0v) is 22.2. The van der Waals surface area contributed by atoms with Crippen molar-refractivity contribution in [2.45, 2.75) is 6.42 Å². The van der Waals surface area contributed by atoms with E-state index in [4.69, 9.17) is 26.0 Å². The Bertz CT molecular complexity index is 1410. The van der Waals surface area contributed by atoms with Crippen LogP contribution < -0.4 is 19.0 Å². The summed E-state index contributed by atoms with van der Waals surface area (Å²) in [6, 6.07) is 15.6. The molecule has 5 rings (SSSR count). The van der Waals surface area contributed by atoms with Crippen molar-refractivity contribution >= 4 is 45.6 Å². The van der Waals surface area contributed by atoms with Crippen molar-refractivity contribution in [3.05, 3.63) is 72.8 Å². The molecule has 204 valence electrons. The van der Waals surface area contributed by atoms with Crippen molar-refractivity contribution in [2.75, 3.05) is 56.1 Å². The van der Waals surface area contributed by atoms with Crippen LogP contribution in [0.4, 0.5) is 31.8 Å². The molecule has 8 nitrogen and oxygen atoms in total. The van der Waals surface area contributed by atoms with Gasteiger partial charge in [0.2, 0.25) is 0 Å². The summed E-state index contributed by atoms with van der Waals surface area (Å²) < 4.78 is 47.5. The van der Waals surface area contributed by atoms with Gasteiger partial charge in [-0.15, -0.1) is 0 Å². The van der Waals surface area contributed by atoms with Gasteiger partial charge in [-0.1, -0.05) is 10.5 Å². The number of rotatable bonds is 10. The van der Waals surface area contributed by atoms with Crippen molar-refractivity contribution in [1.82, 2.24) is 14.9 Å². The van der Waals surface area contributed by atoms with Crippen LogP contribution in [0, 0.1) is 5.82 Å². The van der Waals surface area contributed by atoms with Gasteiger partial charge in [-0.05, 0) is 55.0 Å². The fourth-order valence-corrected chi connectivity index (χ4v) is 4.57. The molecule has 4 aromatic rings. The molecule has 0 saturated carbocycles. The lowest BCUT2D eigenvalue weighted by Gasteiger charge is -2.26. The molecule has 2 heterocycles. The van der Waals surface area contributed by atoms with Crippen LogP contribution in [-0.2, 0) is 4.74 Å². The molecule has 0 spiro atoms. The first-order valence-electron chi connectivity index (χ1n) is 12.6. The highest BCUT2D eigenvalue weighted by Crippen LogP contribution is 2.38. The number of nitrogens with zero attached hydrogens (tertiary/aromatic N) is 5. The van der Waals surface area contributed by atoms with Gasteiger partial charge in [-0.25, -0.2) is 14.4 Å². The zero-order valence-electron chi connectivity index (χ0n) is 21.4. The van der Waals surface area contributed by atoms with Gasteiger partial charge in [0, 0.05) is 42.9 Å². The van der Waals surface area contributed by atoms with Gasteiger partial charge in [0.1, 0.15) is 12.1 Å². The van der Waals surface area contributed by atoms with E-state index in [0.717, 1.165) is 39.3 Å². The molecular formula is C28H28ClF2N5O3. The monoisotopic (exact) mass is 555 g/mol. The minimum atomic E-state index is -0.375. The highest BCUT2D eigenvalue weighted by Gasteiger charge is 2.19. The Morgan fingerprint density at radius 1 is 0.974 bits per heavy atom. The Hall–Kier alpha value is -3.73. The van der Waals surface area contributed by atoms with Crippen LogP contribution in [0.3, 0.4) is 0 Å². The van der Waals surface area contributed by atoms with Crippen molar-refractivity contribution < 1.29 is 23.1 Å². The quantitative estimate of drug-likeness (QED) is 0.169. The maximum Gasteiger partial charge on any atom is 0.174 e. The Morgan fingerprint density at radius 2 is 1.74 bits per heavy atom. The third kappa shape index (κ3) is 6.30. The van der Waals surface area contributed by atoms with Crippen LogP contribution in [0.25, 0.3) is 10.9 Å². The Labute approximate surface area is 230 Å². The Morgan fingerprint density at radius 3 is 2.51 bits per heavy atom. The number of ether oxygens (including phenoxy) is 3. The summed E-state index contributed by atoms with van der Waals surface area (Å²) in [5, 5.41) is 0.924. The summed E-state index contributed by atoms with van der Waals surface area (Å²) in [6.07, 6.45) is 2.12. The van der Waals surface area contributed by atoms with Gasteiger partial charge in [0.25, 0.3) is 0 Å². The summed E-state index contributed by atoms with van der Waals surface area (Å²) in [7, 11) is 1.55. The summed E-state index contributed by atoms with van der Waals surface area (Å²) in [4.78, 5) is 10.9. The normalized spacial score (nSPS) is 13.8. The fraction of sp³-hybridized carbons (Fsp3) is 0.286. The molecule has 0 amide bonds. The molecule has 0 radical (unpaired) electrons. The SMILES string of the molecule is COc1cc2ncnc(N(F)c3cccc(N(Cl)c4ccc(F)cc4)c3)c2cc1OCCCN1CCOCC1. The Balaban J connectivity index is 1.37. The summed E-state index contributed by atoms with van der Waals surface area (Å²) in [6.45, 7) is 4.70. The molecule has 0 unspecified atom stereocenters. The summed E-state index contributed by atoms with van der Waals surface area (Å²) in [5.41, 5.74) is 1.73. The number of fused-ring (bicyclic) bond motifs is 1. The molecule has 1 aliphatic heterocycles. The average molecular weight is 556 g/mol. The third-order valence-corrected chi connectivity index (χ3v) is 6.79. The van der Waals surface area contributed by atoms with Crippen LogP contribution >= 0.6 is 11.8 Å². The third-order valence-electron chi connectivity index (χ3n) is 6.40. The zero-order chi connectivity index (χ0) is 27.2. The number of morpholine rings is 1. The van der Waals surface area contributed by atoms with Crippen LogP contribution in [-0.4, -0.2) is 61.4 Å². The van der Waals surface area contributed by atoms with E-state index in [1.807, 2.05) is 0 Å². The predicted octanol–water partition coefficient (Wildman–Crippen LogP) is 6.19. The topological polar surface area (TPSA) is 63.2 Å². The van der Waals surface area contributed by atoms with Gasteiger partial charge in [-0.3, -0.25) is 9.32 Å². The number of aromatic nitrogens is 2. The molecule has 0 bridgehead atoms. The molecular weight excluding hydrogens is 528 g/mol. The second kappa shape index (κ2) is 12.4. The van der Waals surface area contributed by atoms with Gasteiger partial charge >= 0.3 is 0 Å². The van der Waals surface area contributed by atoms with Gasteiger partial charge in [-0.2, -0.15) is 5.12 Å². The van der Waals surface area contributed by atoms with Crippen molar-refractivity contribution in [1.29, 1.82) is 0 Å². The largest absolute Gasteiger partial charge is 0.493 e. The molecule has 3 aromatic carbocycles. The molecule has 39 heavy (non-hydrogen) atoms. The Kier molecular flexibility index (Phi) is 8.55. The lowest BCUT2D eigenvalue weighted by molar-refractivity contribution is 0.0357. The molecule has 0 aliphatic carbocycles. The maximum atomic E-state index is 15.9. The van der Waals surface area contributed by atoms with Gasteiger partial charge < -0.3 is 14.2 Å². The second-order valence-electron chi connectivity index (χ2n) is 8.93. The number of methoxy groups -OCH3 is 1. The lowest BCUT2D eigenvalue weighted by Crippen LogP contribution is -2.37. The molecule has 0 atom stereocenters. The lowest BCUT2D eigenvalue weighted by atomic mass is 10.2. The highest BCUT2D eigenvalue weighted by molar-refractivity contribution is 6.29. The summed E-state index contributed by atoms with van der Waals surface area (Å²) >= 11 is 6.47. The van der Waals surface area contributed by atoms with Crippen LogP contribution in [0.2, 0.25) is 0 Å². The van der Waals surface area contributed by atoms with E-state index in [1.54, 1.807) is 43.5 Å². The van der Waals surface area contributed by atoms with E-state index in [-0.39, 0.29) is 17.3 Å². The van der Waals surface area contributed by atoms with Crippen molar-refractivity contribution in [2.24, 2.45) is 0 Å². The number of anilines is 4. The first-order valence-corrected chi connectivity index (χ1v) is 12.9. The molecule has 1 saturated heterocycles. The van der Waals surface area contributed by atoms with E-state index in [2.05, 4.69) is 14.9 Å². The first-order chi connectivity index (χ1) is 19.0. The first kappa shape index (κ1) is 26.9. The van der Waals surface area contributed by atoms with Crippen LogP contribution in [0.1, 0.15) is 6.42 Å². The molecule has 1 fully saturated rings. The van der Waals surface area contributed by atoms with Gasteiger partial charge in [0.05, 0.1) is 49.5 Å². The molecule has 1 aliphatic rings. The standard InChI is InChI=1S/C28H28ClF2N5O3/c1-37-26-18-25-24(17-27(26)39-13-3-10-34-11-14-38-15-12-34)28(33-19-32-25)36(31)23-5-2-4-22(16-23)35(29)21-8-6-20(30)7-9-21/h2,4-9,16-19H,3,10-15H2,1H3.